The Morgan fingerprint density at radius 3 is 2.41 bits per heavy atom. The zero-order valence-corrected chi connectivity index (χ0v) is 23.9. The Morgan fingerprint density at radius 1 is 0.854 bits per heavy atom. The maximum atomic E-state index is 12.5. The van der Waals surface area contributed by atoms with E-state index in [4.69, 9.17) is 0 Å². The standard InChI is InChI=1S/C30H35N7O3S/c1-21(38)31-19-24-11-7-10-23(16-24)17-26(39)20-32-30-37-36-29(41-30)13-6-5-12-25-14-15-27(35-34-25)33-28(40)18-22-8-3-2-4-9-22/h2-4,7-11,14-16,21,31,38H,5-6,12-13,17-20H2,1H3,(H,32,37)(H,33,35,40). The van der Waals surface area contributed by atoms with Crippen molar-refractivity contribution < 1.29 is 14.7 Å². The van der Waals surface area contributed by atoms with Crippen LogP contribution >= 0.6 is 11.3 Å². The van der Waals surface area contributed by atoms with E-state index in [-0.39, 0.29) is 18.2 Å². The van der Waals surface area contributed by atoms with E-state index in [9.17, 15) is 14.7 Å². The van der Waals surface area contributed by atoms with Gasteiger partial charge < -0.3 is 15.7 Å². The lowest BCUT2D eigenvalue weighted by atomic mass is 10.1. The van der Waals surface area contributed by atoms with Crippen LogP contribution in [0.1, 0.15) is 47.2 Å². The van der Waals surface area contributed by atoms with E-state index in [1.165, 1.54) is 11.3 Å². The summed E-state index contributed by atoms with van der Waals surface area (Å²) in [5.74, 6) is 0.381. The Balaban J connectivity index is 1.12. The summed E-state index contributed by atoms with van der Waals surface area (Å²) < 4.78 is 0. The van der Waals surface area contributed by atoms with E-state index in [1.54, 1.807) is 13.0 Å². The molecule has 4 rings (SSSR count). The topological polar surface area (TPSA) is 142 Å². The van der Waals surface area contributed by atoms with Crippen LogP contribution in [0.4, 0.5) is 10.9 Å². The van der Waals surface area contributed by atoms with Gasteiger partial charge in [-0.25, -0.2) is 0 Å². The summed E-state index contributed by atoms with van der Waals surface area (Å²) in [6.45, 7) is 2.40. The highest BCUT2D eigenvalue weighted by molar-refractivity contribution is 7.15. The van der Waals surface area contributed by atoms with Crippen LogP contribution in [0.2, 0.25) is 0 Å². The molecule has 0 saturated carbocycles. The lowest BCUT2D eigenvalue weighted by molar-refractivity contribution is -0.117. The zero-order valence-electron chi connectivity index (χ0n) is 23.0. The Morgan fingerprint density at radius 2 is 1.63 bits per heavy atom. The van der Waals surface area contributed by atoms with Gasteiger partial charge in [-0.2, -0.15) is 5.10 Å². The summed E-state index contributed by atoms with van der Waals surface area (Å²) in [6.07, 6.45) is 3.45. The van der Waals surface area contributed by atoms with Crippen molar-refractivity contribution in [2.45, 2.75) is 58.2 Å². The first kappa shape index (κ1) is 29.9. The summed E-state index contributed by atoms with van der Waals surface area (Å²) in [6, 6.07) is 21.0. The molecule has 0 aliphatic rings. The van der Waals surface area contributed by atoms with Crippen LogP contribution in [0.5, 0.6) is 0 Å². The number of Topliss-reactive ketones (excluding diaryl/α,β-unsaturated/α-hetero) is 1. The number of benzene rings is 2. The molecule has 10 nitrogen and oxygen atoms in total. The smallest absolute Gasteiger partial charge is 0.229 e. The number of aromatic nitrogens is 4. The SMILES string of the molecule is CC(O)NCc1cccc(CC(=O)CNc2nnc(CCCCc3ccc(NC(=O)Cc4ccccc4)nn3)s2)c1. The fourth-order valence-corrected chi connectivity index (χ4v) is 4.89. The van der Waals surface area contributed by atoms with Crippen molar-refractivity contribution in [2.24, 2.45) is 0 Å². The number of ketones is 1. The molecular weight excluding hydrogens is 538 g/mol. The molecule has 2 heterocycles. The van der Waals surface area contributed by atoms with Crippen LogP contribution < -0.4 is 16.0 Å². The summed E-state index contributed by atoms with van der Waals surface area (Å²) in [4.78, 5) is 24.7. The van der Waals surface area contributed by atoms with Gasteiger partial charge in [0.25, 0.3) is 0 Å². The molecule has 2 aromatic heterocycles. The molecular formula is C30H35N7O3S. The quantitative estimate of drug-likeness (QED) is 0.117. The first-order chi connectivity index (χ1) is 19.9. The number of amides is 1. The van der Waals surface area contributed by atoms with Crippen molar-refractivity contribution in [3.63, 3.8) is 0 Å². The third kappa shape index (κ3) is 10.8. The van der Waals surface area contributed by atoms with E-state index >= 15 is 0 Å². The van der Waals surface area contributed by atoms with Gasteiger partial charge in [-0.3, -0.25) is 14.9 Å². The number of unbranched alkanes of at least 4 members (excludes halogenated alkanes) is 1. The van der Waals surface area contributed by atoms with Gasteiger partial charge in [-0.15, -0.1) is 15.3 Å². The first-order valence-electron chi connectivity index (χ1n) is 13.7. The lowest BCUT2D eigenvalue weighted by Gasteiger charge is -2.09. The molecule has 0 aliphatic heterocycles. The van der Waals surface area contributed by atoms with Crippen molar-refractivity contribution in [3.05, 3.63) is 94.1 Å². The van der Waals surface area contributed by atoms with Crippen molar-refractivity contribution in [2.75, 3.05) is 17.2 Å². The number of anilines is 2. The number of aliphatic hydroxyl groups excluding tert-OH is 1. The largest absolute Gasteiger partial charge is 0.379 e. The van der Waals surface area contributed by atoms with Crippen LogP contribution in [0.15, 0.2) is 66.7 Å². The number of hydrogen-bond donors (Lipinski definition) is 4. The summed E-state index contributed by atoms with van der Waals surface area (Å²) in [5, 5.41) is 36.5. The third-order valence-corrected chi connectivity index (χ3v) is 7.11. The molecule has 41 heavy (non-hydrogen) atoms. The lowest BCUT2D eigenvalue weighted by Crippen LogP contribution is -2.24. The fourth-order valence-electron chi connectivity index (χ4n) is 4.12. The highest BCUT2D eigenvalue weighted by Crippen LogP contribution is 2.18. The van der Waals surface area contributed by atoms with Gasteiger partial charge in [0.15, 0.2) is 11.6 Å². The average molecular weight is 574 g/mol. The number of aryl methyl sites for hydroxylation is 2. The molecule has 11 heteroatoms. The normalized spacial score (nSPS) is 11.7. The molecule has 0 aliphatic carbocycles. The van der Waals surface area contributed by atoms with E-state index < -0.39 is 6.23 Å². The predicted octanol–water partition coefficient (Wildman–Crippen LogP) is 3.73. The van der Waals surface area contributed by atoms with Gasteiger partial charge in [0.05, 0.1) is 18.7 Å². The van der Waals surface area contributed by atoms with Crippen LogP contribution in [0, 0.1) is 0 Å². The van der Waals surface area contributed by atoms with Crippen molar-refractivity contribution in [1.29, 1.82) is 0 Å². The van der Waals surface area contributed by atoms with Crippen molar-refractivity contribution in [1.82, 2.24) is 25.7 Å². The van der Waals surface area contributed by atoms with Gasteiger partial charge in [-0.1, -0.05) is 65.9 Å². The molecule has 1 unspecified atom stereocenters. The second-order valence-corrected chi connectivity index (χ2v) is 10.8. The summed E-state index contributed by atoms with van der Waals surface area (Å²) in [5.41, 5.74) is 3.77. The van der Waals surface area contributed by atoms with Gasteiger partial charge in [-0.05, 0) is 55.0 Å². The second-order valence-electron chi connectivity index (χ2n) is 9.77. The van der Waals surface area contributed by atoms with Gasteiger partial charge >= 0.3 is 0 Å². The maximum Gasteiger partial charge on any atom is 0.229 e. The minimum atomic E-state index is -0.583. The Hall–Kier alpha value is -4.06. The molecule has 4 aromatic rings. The van der Waals surface area contributed by atoms with E-state index in [2.05, 4.69) is 36.3 Å². The summed E-state index contributed by atoms with van der Waals surface area (Å²) >= 11 is 1.46. The van der Waals surface area contributed by atoms with Crippen molar-refractivity contribution >= 4 is 34.0 Å². The molecule has 1 atom stereocenters. The Labute approximate surface area is 243 Å². The number of nitrogens with zero attached hydrogens (tertiary/aromatic N) is 4. The average Bonchev–Trinajstić information content (AvgIpc) is 3.42. The number of nitrogens with one attached hydrogen (secondary N) is 3. The minimum absolute atomic E-state index is 0.0604. The van der Waals surface area contributed by atoms with E-state index in [1.807, 2.05) is 60.7 Å². The third-order valence-electron chi connectivity index (χ3n) is 6.17. The minimum Gasteiger partial charge on any atom is -0.379 e. The van der Waals surface area contributed by atoms with E-state index in [0.29, 0.717) is 30.3 Å². The van der Waals surface area contributed by atoms with Gasteiger partial charge in [0, 0.05) is 19.4 Å². The van der Waals surface area contributed by atoms with Crippen LogP contribution in [-0.4, -0.2) is 50.0 Å². The molecule has 0 fully saturated rings. The molecule has 0 bridgehead atoms. The molecule has 0 spiro atoms. The second kappa shape index (κ2) is 15.7. The Bertz CT molecular complexity index is 1390. The Kier molecular flexibility index (Phi) is 11.4. The highest BCUT2D eigenvalue weighted by Gasteiger charge is 2.09. The van der Waals surface area contributed by atoms with E-state index in [0.717, 1.165) is 53.1 Å². The van der Waals surface area contributed by atoms with Crippen LogP contribution in [0.25, 0.3) is 0 Å². The van der Waals surface area contributed by atoms with Crippen LogP contribution in [-0.2, 0) is 41.8 Å². The number of carbonyl (C=O) groups excluding carboxylic acids is 2. The predicted molar refractivity (Wildman–Crippen MR) is 160 cm³/mol. The molecule has 214 valence electrons. The summed E-state index contributed by atoms with van der Waals surface area (Å²) in [7, 11) is 0. The number of carbonyl (C=O) groups is 2. The van der Waals surface area contributed by atoms with Gasteiger partial charge in [0.1, 0.15) is 11.2 Å². The first-order valence-corrected chi connectivity index (χ1v) is 14.5. The molecule has 2 aromatic carbocycles. The maximum absolute atomic E-state index is 12.5. The van der Waals surface area contributed by atoms with Crippen molar-refractivity contribution in [3.8, 4) is 0 Å². The van der Waals surface area contributed by atoms with Crippen LogP contribution in [0.3, 0.4) is 0 Å². The highest BCUT2D eigenvalue weighted by atomic mass is 32.1. The molecule has 4 N–H and O–H groups in total. The number of aliphatic hydroxyl groups is 1. The number of rotatable bonds is 16. The van der Waals surface area contributed by atoms with Gasteiger partial charge in [0.2, 0.25) is 11.0 Å². The zero-order chi connectivity index (χ0) is 28.9. The fraction of sp³-hybridized carbons (Fsp3) is 0.333. The number of hydrogen-bond acceptors (Lipinski definition) is 10. The monoisotopic (exact) mass is 573 g/mol. The molecule has 0 saturated heterocycles. The molecule has 0 radical (unpaired) electrons. The molecule has 1 amide bonds.